The molecule has 13 rings (SSSR count). The van der Waals surface area contributed by atoms with Crippen molar-refractivity contribution in [3.05, 3.63) is 149 Å². The molecule has 0 saturated carbocycles. The Bertz CT molecular complexity index is 6340. The van der Waals surface area contributed by atoms with Crippen LogP contribution in [0.1, 0.15) is 260 Å². The van der Waals surface area contributed by atoms with Gasteiger partial charge < -0.3 is 71.3 Å². The third-order valence-electron chi connectivity index (χ3n) is 26.8. The van der Waals surface area contributed by atoms with Crippen LogP contribution in [-0.4, -0.2) is 212 Å². The van der Waals surface area contributed by atoms with E-state index in [4.69, 9.17) is 31.4 Å². The standard InChI is InChI=1S/C50H61FN6O11S.C39H49FN6O8S.C14H16N2O6.CH3F/c1-6-50(67)37-22-40-45-35(25-57(40)48(65)36(37)26-68-49(50)66)34(33-20-28(2)38(51)23-39(33)55-45)24-52-42(60)14-10-8-12-18-69-27-53-46(63)30(4)21-41(59)31(5)54-47(64)29(3)19-32(58)13-9-7-11-17-56-43(61)15-16-44(56)62;1-6-39(53)28-14-31-34-26(17-46(31)37(51)27(28)18-54-38(39)52)25(24-12-20(2)29(40)15-30(24)45-34)16-42-33(48)10-8-7-9-11-55-19-43-35(49)21(3)13-32(47)23(5)44-36(50)22(4)41;17-10-5-6-11(18)15(10)9-3-1-2-4-14(21)22-16-12(19)7-8-13(16)20;1-2/h15-16,20,22-23,29-31,67H,6-14,17-19,21,24-27H2,1-5H3,(H,52,60)(H,53,63)(H,54,64);12,14-15,21-23,53H,6-11,13,16-19,41H2,1-5H3,(H,42,48)(H,43,49)(H,44,50);5-6H,1-4,7-9H2;1H3/t29-,30-,31-,50+;21-,22+,23-,39+;;/m11../s1/i;;;1D. The molecule has 798 valence electrons. The number of fused-ring (bicyclic) bond motifs is 10. The van der Waals surface area contributed by atoms with Gasteiger partial charge in [0.15, 0.2) is 22.8 Å². The number of carbonyl (C=O) groups excluding carboxylic acids is 18. The number of benzene rings is 2. The number of thioether (sulfide) groups is 2. The van der Waals surface area contributed by atoms with Crippen molar-refractivity contribution in [2.45, 2.75) is 286 Å². The predicted octanol–water partition coefficient (Wildman–Crippen LogP) is 8.31. The molecule has 11 heterocycles. The van der Waals surface area contributed by atoms with Crippen LogP contribution in [0.15, 0.2) is 70.3 Å². The minimum atomic E-state index is -2.00. The number of alkyl halides is 1. The number of nitrogens with one attached hydrogen (secondary N) is 6. The van der Waals surface area contributed by atoms with Crippen molar-refractivity contribution in [1.82, 2.24) is 65.9 Å². The number of rotatable bonds is 49. The number of imide groups is 3. The number of halogens is 3. The zero-order chi connectivity index (χ0) is 109. The van der Waals surface area contributed by atoms with Crippen LogP contribution in [0.4, 0.5) is 13.2 Å². The Hall–Kier alpha value is -13.3. The van der Waals surface area contributed by atoms with E-state index < -0.39 is 119 Å². The van der Waals surface area contributed by atoms with Gasteiger partial charge >= 0.3 is 17.9 Å². The van der Waals surface area contributed by atoms with E-state index in [0.29, 0.717) is 159 Å². The van der Waals surface area contributed by atoms with Crippen molar-refractivity contribution in [1.29, 1.82) is 0 Å². The minimum Gasteiger partial charge on any atom is -0.458 e. The molecular weight excluding hydrogens is 1970 g/mol. The molecule has 39 nitrogen and oxygen atoms in total. The largest absolute Gasteiger partial charge is 0.458 e. The van der Waals surface area contributed by atoms with Gasteiger partial charge in [0.25, 0.3) is 46.6 Å². The van der Waals surface area contributed by atoms with Crippen molar-refractivity contribution < 1.29 is 125 Å². The number of nitrogens with zero attached hydrogens (tertiary/aromatic N) is 7. The fraction of sp³-hybridized carbons (Fsp3) is 0.519. The van der Waals surface area contributed by atoms with Crippen molar-refractivity contribution in [3.63, 3.8) is 0 Å². The average Bonchev–Trinajstić information content (AvgIpc) is 1.58. The maximum Gasteiger partial charge on any atom is 0.343 e. The van der Waals surface area contributed by atoms with E-state index in [2.05, 4.69) is 31.9 Å². The van der Waals surface area contributed by atoms with Gasteiger partial charge in [-0.1, -0.05) is 60.3 Å². The number of carbonyl (C=O) groups is 18. The number of Topliss-reactive ketones (excluding diaryl/α,β-unsaturated/α-hetero) is 3. The third-order valence-corrected chi connectivity index (χ3v) is 28.6. The molecule has 10 N–H and O–H groups in total. The van der Waals surface area contributed by atoms with Gasteiger partial charge in [-0.05, 0) is 157 Å². The summed E-state index contributed by atoms with van der Waals surface area (Å²) in [6, 6.07) is 6.90. The van der Waals surface area contributed by atoms with Crippen LogP contribution in [0.2, 0.25) is 0 Å². The molecule has 2 aromatic carbocycles. The zero-order valence-corrected chi connectivity index (χ0v) is 86.3. The average molecular weight is 2100 g/mol. The van der Waals surface area contributed by atoms with Crippen molar-refractivity contribution in [2.75, 3.05) is 43.5 Å². The Balaban J connectivity index is 0.000000251. The summed E-state index contributed by atoms with van der Waals surface area (Å²) < 4.78 is 58.5. The van der Waals surface area contributed by atoms with Gasteiger partial charge in [-0.2, -0.15) is 0 Å². The number of aryl methyl sites for hydroxylation is 2. The Labute approximate surface area is 862 Å². The molecule has 0 unspecified atom stereocenters. The summed E-state index contributed by atoms with van der Waals surface area (Å²) in [6.07, 6.45) is 13.7. The molecule has 7 aliphatic rings. The van der Waals surface area contributed by atoms with E-state index in [0.717, 1.165) is 47.0 Å². The number of hydrogen-bond acceptors (Lipinski definition) is 30. The molecule has 1 fully saturated rings. The Morgan fingerprint density at radius 2 is 0.878 bits per heavy atom. The molecule has 0 bridgehead atoms. The monoisotopic (exact) mass is 2100 g/mol. The zero-order valence-electron chi connectivity index (χ0n) is 85.6. The first-order chi connectivity index (χ1) is 70.8. The second-order valence-corrected chi connectivity index (χ2v) is 39.9. The minimum absolute atomic E-state index is 0.00233. The Morgan fingerprint density at radius 1 is 0.500 bits per heavy atom. The van der Waals surface area contributed by atoms with Gasteiger partial charge in [-0.3, -0.25) is 95.7 Å². The lowest BCUT2D eigenvalue weighted by Gasteiger charge is -2.31. The highest BCUT2D eigenvalue weighted by Crippen LogP contribution is 2.44. The van der Waals surface area contributed by atoms with Crippen molar-refractivity contribution in [2.24, 2.45) is 23.5 Å². The van der Waals surface area contributed by atoms with E-state index in [9.17, 15) is 119 Å². The number of ketones is 3. The number of ether oxygens (including phenoxy) is 2. The molecule has 148 heavy (non-hydrogen) atoms. The Kier molecular flexibility index (Phi) is 41.6. The highest BCUT2D eigenvalue weighted by atomic mass is 32.2. The summed E-state index contributed by atoms with van der Waals surface area (Å²) in [5.41, 5.74) is 7.29. The van der Waals surface area contributed by atoms with Gasteiger partial charge in [-0.25, -0.2) is 33.1 Å². The summed E-state index contributed by atoms with van der Waals surface area (Å²) >= 11 is 3.05. The molecule has 4 aromatic heterocycles. The normalized spacial score (nSPS) is 17.2. The van der Waals surface area contributed by atoms with E-state index in [1.165, 1.54) is 76.0 Å². The van der Waals surface area contributed by atoms with E-state index >= 15 is 0 Å². The summed E-state index contributed by atoms with van der Waals surface area (Å²) in [5.74, 6) is -7.55. The third kappa shape index (κ3) is 29.0. The quantitative estimate of drug-likeness (QED) is 0.00748. The van der Waals surface area contributed by atoms with E-state index in [1.54, 1.807) is 86.6 Å². The van der Waals surface area contributed by atoms with Crippen LogP contribution in [-0.2, 0) is 151 Å². The summed E-state index contributed by atoms with van der Waals surface area (Å²) in [5, 5.41) is 41.1. The number of unbranched alkanes of at least 4 members (excludes halogenated alkanes) is 8. The molecular formula is C104H129F3N14O25S2. The Morgan fingerprint density at radius 3 is 1.28 bits per heavy atom. The second-order valence-electron chi connectivity index (χ2n) is 37.7. The fourth-order valence-electron chi connectivity index (χ4n) is 17.7. The van der Waals surface area contributed by atoms with Crippen LogP contribution in [0.25, 0.3) is 44.6 Å². The number of nitrogens with two attached hydrogens (primary N) is 1. The predicted molar refractivity (Wildman–Crippen MR) is 538 cm³/mol. The van der Waals surface area contributed by atoms with Gasteiger partial charge in [0.2, 0.25) is 35.4 Å². The highest BCUT2D eigenvalue weighted by molar-refractivity contribution is 7.99. The van der Waals surface area contributed by atoms with Crippen molar-refractivity contribution >= 4 is 151 Å². The smallest absolute Gasteiger partial charge is 0.343 e. The number of aliphatic hydroxyl groups is 2. The van der Waals surface area contributed by atoms with Crippen LogP contribution in [0.5, 0.6) is 0 Å². The van der Waals surface area contributed by atoms with Crippen molar-refractivity contribution in [3.8, 4) is 22.8 Å². The maximum absolute atomic E-state index is 14.9. The van der Waals surface area contributed by atoms with Gasteiger partial charge in [-0.15, -0.1) is 28.6 Å². The number of hydroxylamine groups is 2. The molecule has 1 saturated heterocycles. The number of amides is 12. The summed E-state index contributed by atoms with van der Waals surface area (Å²) in [7, 11) is -1.00. The van der Waals surface area contributed by atoms with Gasteiger partial charge in [0.1, 0.15) is 30.6 Å². The molecule has 0 aliphatic carbocycles. The number of aromatic nitrogens is 4. The lowest BCUT2D eigenvalue weighted by Crippen LogP contribution is -2.46. The fourth-order valence-corrected chi connectivity index (χ4v) is 19.3. The summed E-state index contributed by atoms with van der Waals surface area (Å²) in [6.45, 7) is 16.6. The topological polar surface area (TPSA) is 553 Å². The van der Waals surface area contributed by atoms with Crippen LogP contribution < -0.4 is 48.8 Å². The number of esters is 2. The first-order valence-electron chi connectivity index (χ1n) is 50.3. The number of cyclic esters (lactones) is 2. The van der Waals surface area contributed by atoms with Gasteiger partial charge in [0.05, 0.1) is 96.4 Å². The molecule has 0 spiro atoms. The molecule has 6 aromatic rings. The van der Waals surface area contributed by atoms with E-state index in [-0.39, 0.29) is 197 Å². The van der Waals surface area contributed by atoms with Crippen LogP contribution >= 0.6 is 23.5 Å². The second kappa shape index (κ2) is 53.5. The van der Waals surface area contributed by atoms with E-state index in [1.807, 2.05) is 0 Å². The van der Waals surface area contributed by atoms with Crippen LogP contribution in [0, 0.1) is 43.2 Å². The molecule has 8 atom stereocenters. The molecule has 0 radical (unpaired) electrons. The number of hydrogen-bond donors (Lipinski definition) is 9. The van der Waals surface area contributed by atoms with Crippen LogP contribution in [0.3, 0.4) is 0 Å². The highest BCUT2D eigenvalue weighted by Gasteiger charge is 2.48. The SMILES string of the molecule is CC[C@@]1(O)C(=O)OCc2c1cc1n(c2=O)Cc2c-1nc1cc(F)c(C)cc1c2CNC(=O)CCCCCSCNC(=O)[C@H](C)CC(=O)[C@@H](C)NC(=O)[C@H](C)CC(=O)CCCCCN1C(=O)C=CC1=O.CC[C@@]1(O)C(=O)OCc2c1cc1n(c2=O)Cc2c-1nc1cc(F)c(C)cc1c2CNC(=O)CCCCCSCNC(=O)[C@H](C)CC(=O)[C@@H](C)NC(=O)[C@H](C)N.O=C(CCCCCN1C(=O)C=CC1=O)ON1C(=O)CCC1=O.[2H]CF. The first kappa shape index (κ1) is 115. The molecule has 44 heteroatoms. The first-order valence-corrected chi connectivity index (χ1v) is 51.9. The number of pyridine rings is 4. The molecule has 7 aliphatic heterocycles. The van der Waals surface area contributed by atoms with Gasteiger partial charge in [0, 0.05) is 171 Å². The lowest BCUT2D eigenvalue weighted by atomic mass is 9.86. The maximum atomic E-state index is 14.9. The summed E-state index contributed by atoms with van der Waals surface area (Å²) in [4.78, 5) is 263. The molecule has 12 amide bonds. The lowest BCUT2D eigenvalue weighted by molar-refractivity contribution is -0.197.